The summed E-state index contributed by atoms with van der Waals surface area (Å²) in [7, 11) is 4.08. The summed E-state index contributed by atoms with van der Waals surface area (Å²) >= 11 is 1.75. The zero-order chi connectivity index (χ0) is 20.0. The van der Waals surface area contributed by atoms with E-state index in [0.717, 1.165) is 40.7 Å². The van der Waals surface area contributed by atoms with Crippen molar-refractivity contribution in [1.82, 2.24) is 9.88 Å². The van der Waals surface area contributed by atoms with Gasteiger partial charge in [0.2, 0.25) is 0 Å². The smallest absolute Gasteiger partial charge is 0.254 e. The van der Waals surface area contributed by atoms with E-state index < -0.39 is 0 Å². The summed E-state index contributed by atoms with van der Waals surface area (Å²) in [5.41, 5.74) is 5.48. The van der Waals surface area contributed by atoms with Crippen LogP contribution in [-0.4, -0.2) is 36.4 Å². The molecule has 0 spiro atoms. The molecule has 29 heavy (non-hydrogen) atoms. The lowest BCUT2D eigenvalue weighted by atomic mass is 9.94. The van der Waals surface area contributed by atoms with Crippen LogP contribution in [0.4, 0.5) is 5.69 Å². The molecule has 2 aromatic heterocycles. The lowest BCUT2D eigenvalue weighted by Gasteiger charge is -2.36. The third-order valence-electron chi connectivity index (χ3n) is 5.75. The Morgan fingerprint density at radius 2 is 1.93 bits per heavy atom. The third-order valence-corrected chi connectivity index (χ3v) is 6.76. The molecule has 0 bridgehead atoms. The molecular weight excluding hydrogens is 378 g/mol. The number of aromatic amines is 1. The van der Waals surface area contributed by atoms with Crippen molar-refractivity contribution < 1.29 is 4.79 Å². The van der Waals surface area contributed by atoms with E-state index in [-0.39, 0.29) is 11.9 Å². The van der Waals surface area contributed by atoms with Gasteiger partial charge in [0.15, 0.2) is 0 Å². The Hall–Kier alpha value is -3.05. The summed E-state index contributed by atoms with van der Waals surface area (Å²) in [6.45, 7) is 0.730. The fourth-order valence-electron chi connectivity index (χ4n) is 4.16. The molecular formula is C24H23N3OS. The first-order valence-corrected chi connectivity index (χ1v) is 10.7. The molecule has 2 aromatic carbocycles. The second-order valence-electron chi connectivity index (χ2n) is 7.73. The molecule has 1 amide bonds. The average molecular weight is 402 g/mol. The molecule has 1 aliphatic rings. The van der Waals surface area contributed by atoms with Crippen LogP contribution in [0.15, 0.2) is 66.2 Å². The van der Waals surface area contributed by atoms with Crippen molar-refractivity contribution in [2.75, 3.05) is 25.5 Å². The van der Waals surface area contributed by atoms with Crippen molar-refractivity contribution in [1.29, 1.82) is 0 Å². The lowest BCUT2D eigenvalue weighted by Crippen LogP contribution is -2.40. The van der Waals surface area contributed by atoms with Gasteiger partial charge in [0.05, 0.1) is 6.04 Å². The Bertz CT molecular complexity index is 1170. The van der Waals surface area contributed by atoms with E-state index in [4.69, 9.17) is 0 Å². The van der Waals surface area contributed by atoms with E-state index in [9.17, 15) is 4.79 Å². The first kappa shape index (κ1) is 18.0. The molecule has 4 nitrogen and oxygen atoms in total. The number of rotatable bonds is 3. The number of carbonyl (C=O) groups excluding carboxylic acids is 1. The first-order valence-electron chi connectivity index (χ1n) is 9.83. The van der Waals surface area contributed by atoms with Gasteiger partial charge in [0.1, 0.15) is 0 Å². The topological polar surface area (TPSA) is 39.3 Å². The highest BCUT2D eigenvalue weighted by Crippen LogP contribution is 2.39. The van der Waals surface area contributed by atoms with Crippen LogP contribution in [0, 0.1) is 0 Å². The Morgan fingerprint density at radius 3 is 2.72 bits per heavy atom. The SMILES string of the molecule is CN(C)c1ccc(C2c3sccc3CCN2C(=O)c2ccc3[nH]ccc3c2)cc1. The van der Waals surface area contributed by atoms with E-state index in [1.54, 1.807) is 11.3 Å². The molecule has 1 unspecified atom stereocenters. The molecule has 1 N–H and O–H groups in total. The fourth-order valence-corrected chi connectivity index (χ4v) is 5.26. The van der Waals surface area contributed by atoms with Crippen LogP contribution in [0.25, 0.3) is 10.9 Å². The van der Waals surface area contributed by atoms with Gasteiger partial charge in [0, 0.05) is 53.9 Å². The second kappa shape index (κ2) is 7.08. The molecule has 0 saturated heterocycles. The summed E-state index contributed by atoms with van der Waals surface area (Å²) in [5, 5.41) is 3.21. The number of H-pyrrole nitrogens is 1. The van der Waals surface area contributed by atoms with E-state index in [1.165, 1.54) is 10.4 Å². The molecule has 0 fully saturated rings. The van der Waals surface area contributed by atoms with E-state index in [2.05, 4.69) is 45.6 Å². The molecule has 146 valence electrons. The van der Waals surface area contributed by atoms with Crippen molar-refractivity contribution >= 4 is 33.8 Å². The second-order valence-corrected chi connectivity index (χ2v) is 8.67. The summed E-state index contributed by atoms with van der Waals surface area (Å²) < 4.78 is 0. The predicted octanol–water partition coefficient (Wildman–Crippen LogP) is 5.08. The van der Waals surface area contributed by atoms with Gasteiger partial charge in [-0.25, -0.2) is 0 Å². The van der Waals surface area contributed by atoms with Gasteiger partial charge < -0.3 is 14.8 Å². The lowest BCUT2D eigenvalue weighted by molar-refractivity contribution is 0.0698. The number of nitrogens with one attached hydrogen (secondary N) is 1. The van der Waals surface area contributed by atoms with Crippen molar-refractivity contribution in [2.45, 2.75) is 12.5 Å². The number of fused-ring (bicyclic) bond motifs is 2. The Balaban J connectivity index is 1.56. The van der Waals surface area contributed by atoms with Crippen molar-refractivity contribution in [3.63, 3.8) is 0 Å². The van der Waals surface area contributed by atoms with Crippen LogP contribution in [-0.2, 0) is 6.42 Å². The standard InChI is InChI=1S/C24H23N3OS/c1-26(2)20-6-3-16(4-7-20)22-23-17(11-14-29-23)10-13-27(22)24(28)19-5-8-21-18(15-19)9-12-25-21/h3-9,11-12,14-15,22,25H,10,13H2,1-2H3. The van der Waals surface area contributed by atoms with Gasteiger partial charge in [-0.2, -0.15) is 0 Å². The highest BCUT2D eigenvalue weighted by atomic mass is 32.1. The van der Waals surface area contributed by atoms with Gasteiger partial charge in [0.25, 0.3) is 5.91 Å². The Labute approximate surface area is 174 Å². The molecule has 5 rings (SSSR count). The minimum atomic E-state index is -0.0376. The fraction of sp³-hybridized carbons (Fsp3) is 0.208. The van der Waals surface area contributed by atoms with Crippen LogP contribution >= 0.6 is 11.3 Å². The van der Waals surface area contributed by atoms with Gasteiger partial charge in [-0.3, -0.25) is 4.79 Å². The Morgan fingerprint density at radius 1 is 1.10 bits per heavy atom. The molecule has 5 heteroatoms. The molecule has 4 aromatic rings. The van der Waals surface area contributed by atoms with Crippen molar-refractivity contribution in [3.8, 4) is 0 Å². The van der Waals surface area contributed by atoms with Gasteiger partial charge >= 0.3 is 0 Å². The molecule has 0 radical (unpaired) electrons. The number of thiophene rings is 1. The molecule has 0 saturated carbocycles. The number of aromatic nitrogens is 1. The van der Waals surface area contributed by atoms with Crippen molar-refractivity contribution in [2.24, 2.45) is 0 Å². The van der Waals surface area contributed by atoms with E-state index >= 15 is 0 Å². The zero-order valence-electron chi connectivity index (χ0n) is 16.6. The number of amides is 1. The molecule has 1 atom stereocenters. The molecule has 0 aliphatic carbocycles. The largest absolute Gasteiger partial charge is 0.378 e. The van der Waals surface area contributed by atoms with Crippen LogP contribution in [0.1, 0.15) is 32.4 Å². The predicted molar refractivity (Wildman–Crippen MR) is 120 cm³/mol. The maximum absolute atomic E-state index is 13.6. The molecule has 3 heterocycles. The maximum Gasteiger partial charge on any atom is 0.254 e. The summed E-state index contributed by atoms with van der Waals surface area (Å²) in [6, 6.07) is 18.7. The average Bonchev–Trinajstić information content (AvgIpc) is 3.41. The summed E-state index contributed by atoms with van der Waals surface area (Å²) in [6.07, 6.45) is 2.82. The zero-order valence-corrected chi connectivity index (χ0v) is 17.4. The van der Waals surface area contributed by atoms with Gasteiger partial charge in [-0.1, -0.05) is 12.1 Å². The third kappa shape index (κ3) is 3.12. The molecule has 1 aliphatic heterocycles. The van der Waals surface area contributed by atoms with E-state index in [0.29, 0.717) is 0 Å². The van der Waals surface area contributed by atoms with Crippen LogP contribution in [0.5, 0.6) is 0 Å². The highest BCUT2D eigenvalue weighted by molar-refractivity contribution is 7.10. The summed E-state index contributed by atoms with van der Waals surface area (Å²) in [5.74, 6) is 0.0915. The number of nitrogens with zero attached hydrogens (tertiary/aromatic N) is 2. The monoisotopic (exact) mass is 401 g/mol. The number of hydrogen-bond donors (Lipinski definition) is 1. The minimum absolute atomic E-state index is 0.0376. The maximum atomic E-state index is 13.6. The first-order chi connectivity index (χ1) is 14.1. The van der Waals surface area contributed by atoms with Gasteiger partial charge in [-0.05, 0) is 65.4 Å². The normalized spacial score (nSPS) is 16.1. The number of carbonyl (C=O) groups is 1. The van der Waals surface area contributed by atoms with E-state index in [1.807, 2.05) is 49.5 Å². The van der Waals surface area contributed by atoms with Gasteiger partial charge in [-0.15, -0.1) is 11.3 Å². The number of anilines is 1. The van der Waals surface area contributed by atoms with Crippen LogP contribution < -0.4 is 4.90 Å². The quantitative estimate of drug-likeness (QED) is 0.520. The highest BCUT2D eigenvalue weighted by Gasteiger charge is 2.33. The van der Waals surface area contributed by atoms with Crippen molar-refractivity contribution in [3.05, 3.63) is 87.7 Å². The minimum Gasteiger partial charge on any atom is -0.378 e. The van der Waals surface area contributed by atoms with Crippen LogP contribution in [0.2, 0.25) is 0 Å². The van der Waals surface area contributed by atoms with Crippen LogP contribution in [0.3, 0.4) is 0 Å². The Kier molecular flexibility index (Phi) is 4.40. The number of benzene rings is 2. The number of hydrogen-bond acceptors (Lipinski definition) is 3. The summed E-state index contributed by atoms with van der Waals surface area (Å²) in [4.78, 5) is 22.2.